The summed E-state index contributed by atoms with van der Waals surface area (Å²) >= 11 is 0. The molecule has 0 aliphatic rings. The zero-order chi connectivity index (χ0) is 20.4. The molecule has 0 heterocycles. The van der Waals surface area contributed by atoms with Gasteiger partial charge in [0.2, 0.25) is 17.7 Å². The van der Waals surface area contributed by atoms with Gasteiger partial charge in [-0.05, 0) is 18.8 Å². The molecule has 0 aromatic carbocycles. The quantitative estimate of drug-likeness (QED) is 0.228. The van der Waals surface area contributed by atoms with E-state index >= 15 is 0 Å². The fourth-order valence-corrected chi connectivity index (χ4v) is 2.01. The first-order chi connectivity index (χ1) is 12.0. The van der Waals surface area contributed by atoms with Gasteiger partial charge in [0.15, 0.2) is 0 Å². The van der Waals surface area contributed by atoms with Crippen LogP contribution in [0.5, 0.6) is 0 Å². The third kappa shape index (κ3) is 8.97. The number of rotatable bonds is 12. The van der Waals surface area contributed by atoms with E-state index in [0.29, 0.717) is 0 Å². The SMILES string of the molecule is CC(C)C(NC(=O)C(CCC(=O)O)NC(=O)C(N)CCC(N)=O)C(=O)O. The Kier molecular flexibility index (Phi) is 9.89. The summed E-state index contributed by atoms with van der Waals surface area (Å²) in [5.41, 5.74) is 10.6. The van der Waals surface area contributed by atoms with Gasteiger partial charge < -0.3 is 32.3 Å². The van der Waals surface area contributed by atoms with Gasteiger partial charge in [-0.2, -0.15) is 0 Å². The van der Waals surface area contributed by atoms with E-state index in [1.54, 1.807) is 13.8 Å². The van der Waals surface area contributed by atoms with Crippen LogP contribution in [0.15, 0.2) is 0 Å². The van der Waals surface area contributed by atoms with Gasteiger partial charge in [0.05, 0.1) is 6.04 Å². The average Bonchev–Trinajstić information content (AvgIpc) is 2.52. The first-order valence-corrected chi connectivity index (χ1v) is 8.04. The van der Waals surface area contributed by atoms with Crippen molar-refractivity contribution in [3.8, 4) is 0 Å². The molecule has 0 fully saturated rings. The summed E-state index contributed by atoms with van der Waals surface area (Å²) in [6.45, 7) is 3.17. The number of nitrogens with one attached hydrogen (secondary N) is 2. The molecular formula is C15H26N4O7. The van der Waals surface area contributed by atoms with Crippen LogP contribution in [-0.4, -0.2) is 58.0 Å². The predicted molar refractivity (Wildman–Crippen MR) is 89.6 cm³/mol. The van der Waals surface area contributed by atoms with Crippen LogP contribution in [0.1, 0.15) is 39.5 Å². The molecule has 3 amide bonds. The zero-order valence-electron chi connectivity index (χ0n) is 14.7. The van der Waals surface area contributed by atoms with Crippen molar-refractivity contribution < 1.29 is 34.2 Å². The summed E-state index contributed by atoms with van der Waals surface area (Å²) in [5, 5.41) is 22.5. The van der Waals surface area contributed by atoms with Crippen LogP contribution in [0.25, 0.3) is 0 Å². The fraction of sp³-hybridized carbons (Fsp3) is 0.667. The summed E-state index contributed by atoms with van der Waals surface area (Å²) in [5.74, 6) is -5.11. The minimum absolute atomic E-state index is 0.0435. The number of nitrogens with two attached hydrogens (primary N) is 2. The maximum absolute atomic E-state index is 12.3. The highest BCUT2D eigenvalue weighted by Gasteiger charge is 2.29. The number of hydrogen-bond acceptors (Lipinski definition) is 6. The highest BCUT2D eigenvalue weighted by atomic mass is 16.4. The molecular weight excluding hydrogens is 348 g/mol. The van der Waals surface area contributed by atoms with Gasteiger partial charge in [0.25, 0.3) is 0 Å². The Bertz CT molecular complexity index is 550. The summed E-state index contributed by atoms with van der Waals surface area (Å²) in [7, 11) is 0. The molecule has 148 valence electrons. The normalized spacial score (nSPS) is 14.2. The van der Waals surface area contributed by atoms with Crippen molar-refractivity contribution in [1.82, 2.24) is 10.6 Å². The van der Waals surface area contributed by atoms with Crippen LogP contribution in [0.4, 0.5) is 0 Å². The van der Waals surface area contributed by atoms with Gasteiger partial charge >= 0.3 is 11.9 Å². The molecule has 0 aliphatic carbocycles. The number of carboxylic acids is 2. The lowest BCUT2D eigenvalue weighted by atomic mass is 10.0. The van der Waals surface area contributed by atoms with Crippen molar-refractivity contribution in [1.29, 1.82) is 0 Å². The van der Waals surface area contributed by atoms with E-state index in [0.717, 1.165) is 0 Å². The molecule has 0 bridgehead atoms. The number of carbonyl (C=O) groups excluding carboxylic acids is 3. The summed E-state index contributed by atoms with van der Waals surface area (Å²) in [6, 6.07) is -3.60. The molecule has 0 saturated heterocycles. The molecule has 8 N–H and O–H groups in total. The molecule has 0 rings (SSSR count). The Hall–Kier alpha value is -2.69. The number of hydrogen-bond donors (Lipinski definition) is 6. The predicted octanol–water partition coefficient (Wildman–Crippen LogP) is -1.85. The number of carboxylic acid groups (broad SMARTS) is 2. The van der Waals surface area contributed by atoms with Crippen molar-refractivity contribution in [2.75, 3.05) is 0 Å². The Balaban J connectivity index is 5.05. The number of primary amides is 1. The van der Waals surface area contributed by atoms with E-state index in [-0.39, 0.29) is 19.3 Å². The van der Waals surface area contributed by atoms with Gasteiger partial charge in [0, 0.05) is 12.8 Å². The Morgan fingerprint density at radius 3 is 1.92 bits per heavy atom. The molecule has 3 atom stereocenters. The Morgan fingerprint density at radius 1 is 0.923 bits per heavy atom. The Morgan fingerprint density at radius 2 is 1.50 bits per heavy atom. The van der Waals surface area contributed by atoms with Crippen LogP contribution >= 0.6 is 0 Å². The zero-order valence-corrected chi connectivity index (χ0v) is 14.7. The molecule has 0 radical (unpaired) electrons. The van der Waals surface area contributed by atoms with Crippen molar-refractivity contribution >= 4 is 29.7 Å². The second kappa shape index (κ2) is 11.0. The molecule has 0 aromatic heterocycles. The molecule has 0 saturated carbocycles. The average molecular weight is 374 g/mol. The standard InChI is InChI=1S/C15H26N4O7/c1-7(2)12(15(25)26)19-14(24)9(4-6-11(21)22)18-13(23)8(16)3-5-10(17)20/h7-9,12H,3-6,16H2,1-2H3,(H2,17,20)(H,18,23)(H,19,24)(H,21,22)(H,25,26). The highest BCUT2D eigenvalue weighted by Crippen LogP contribution is 2.05. The van der Waals surface area contributed by atoms with Crippen LogP contribution < -0.4 is 22.1 Å². The molecule has 11 nitrogen and oxygen atoms in total. The van der Waals surface area contributed by atoms with E-state index in [9.17, 15) is 24.0 Å². The van der Waals surface area contributed by atoms with E-state index < -0.39 is 60.1 Å². The van der Waals surface area contributed by atoms with Crippen LogP contribution in [0.3, 0.4) is 0 Å². The summed E-state index contributed by atoms with van der Waals surface area (Å²) in [6.07, 6.45) is -0.846. The monoisotopic (exact) mass is 374 g/mol. The maximum Gasteiger partial charge on any atom is 0.326 e. The topological polar surface area (TPSA) is 202 Å². The van der Waals surface area contributed by atoms with Gasteiger partial charge in [-0.3, -0.25) is 19.2 Å². The van der Waals surface area contributed by atoms with Crippen molar-refractivity contribution in [3.05, 3.63) is 0 Å². The van der Waals surface area contributed by atoms with Gasteiger partial charge in [-0.25, -0.2) is 4.79 Å². The number of amides is 3. The molecule has 0 aliphatic heterocycles. The second-order valence-corrected chi connectivity index (χ2v) is 6.17. The van der Waals surface area contributed by atoms with Crippen LogP contribution in [0, 0.1) is 5.92 Å². The molecule has 0 aromatic rings. The third-order valence-electron chi connectivity index (χ3n) is 3.55. The van der Waals surface area contributed by atoms with Gasteiger partial charge in [-0.1, -0.05) is 13.8 Å². The molecule has 26 heavy (non-hydrogen) atoms. The molecule has 11 heteroatoms. The summed E-state index contributed by atoms with van der Waals surface area (Å²) < 4.78 is 0. The summed E-state index contributed by atoms with van der Waals surface area (Å²) in [4.78, 5) is 57.0. The fourth-order valence-electron chi connectivity index (χ4n) is 2.01. The minimum atomic E-state index is -1.28. The minimum Gasteiger partial charge on any atom is -0.481 e. The van der Waals surface area contributed by atoms with Gasteiger partial charge in [0.1, 0.15) is 12.1 Å². The Labute approximate surface area is 150 Å². The van der Waals surface area contributed by atoms with E-state index in [1.165, 1.54) is 0 Å². The second-order valence-electron chi connectivity index (χ2n) is 6.17. The number of aliphatic carboxylic acids is 2. The van der Waals surface area contributed by atoms with Crippen molar-refractivity contribution in [2.45, 2.75) is 57.7 Å². The molecule has 0 spiro atoms. The van der Waals surface area contributed by atoms with E-state index in [4.69, 9.17) is 21.7 Å². The first-order valence-electron chi connectivity index (χ1n) is 8.04. The first kappa shape index (κ1) is 23.3. The van der Waals surface area contributed by atoms with Crippen LogP contribution in [0.2, 0.25) is 0 Å². The number of carbonyl (C=O) groups is 5. The largest absolute Gasteiger partial charge is 0.481 e. The highest BCUT2D eigenvalue weighted by molar-refractivity contribution is 5.92. The lowest BCUT2D eigenvalue weighted by Crippen LogP contribution is -2.55. The van der Waals surface area contributed by atoms with Crippen molar-refractivity contribution in [2.24, 2.45) is 17.4 Å². The van der Waals surface area contributed by atoms with Gasteiger partial charge in [-0.15, -0.1) is 0 Å². The smallest absolute Gasteiger partial charge is 0.326 e. The maximum atomic E-state index is 12.3. The van der Waals surface area contributed by atoms with Crippen LogP contribution in [-0.2, 0) is 24.0 Å². The van der Waals surface area contributed by atoms with Crippen molar-refractivity contribution in [3.63, 3.8) is 0 Å². The lowest BCUT2D eigenvalue weighted by Gasteiger charge is -2.24. The lowest BCUT2D eigenvalue weighted by molar-refractivity contribution is -0.144. The molecule has 3 unspecified atom stereocenters. The third-order valence-corrected chi connectivity index (χ3v) is 3.55. The van der Waals surface area contributed by atoms with E-state index in [1.807, 2.05) is 0 Å². The van der Waals surface area contributed by atoms with E-state index in [2.05, 4.69) is 10.6 Å².